The lowest BCUT2D eigenvalue weighted by Gasteiger charge is -2.14. The summed E-state index contributed by atoms with van der Waals surface area (Å²) in [6.07, 6.45) is 1.75. The number of ether oxygens (including phenoxy) is 1. The molecule has 0 bridgehead atoms. The lowest BCUT2D eigenvalue weighted by molar-refractivity contribution is 0.409. The van der Waals surface area contributed by atoms with Crippen molar-refractivity contribution in [3.8, 4) is 17.0 Å². The van der Waals surface area contributed by atoms with Crippen LogP contribution in [0.5, 0.6) is 5.75 Å². The van der Waals surface area contributed by atoms with E-state index in [1.54, 1.807) is 18.1 Å². The second-order valence-corrected chi connectivity index (χ2v) is 4.30. The van der Waals surface area contributed by atoms with Crippen LogP contribution in [0.1, 0.15) is 25.3 Å². The molecular formula is C13H17N3O. The Morgan fingerprint density at radius 2 is 2.06 bits per heavy atom. The summed E-state index contributed by atoms with van der Waals surface area (Å²) in [5, 5.41) is 8.41. The maximum absolute atomic E-state index is 5.52. The Bertz CT molecular complexity index is 517. The van der Waals surface area contributed by atoms with Crippen molar-refractivity contribution in [3.63, 3.8) is 0 Å². The first kappa shape index (κ1) is 11.6. The number of hydrogen-bond donors (Lipinski definition) is 0. The van der Waals surface area contributed by atoms with Crippen molar-refractivity contribution in [1.82, 2.24) is 15.0 Å². The van der Waals surface area contributed by atoms with Crippen LogP contribution in [0.3, 0.4) is 0 Å². The highest BCUT2D eigenvalue weighted by Gasteiger charge is 2.14. The van der Waals surface area contributed by atoms with Gasteiger partial charge < -0.3 is 4.74 Å². The first-order valence-electron chi connectivity index (χ1n) is 5.67. The largest absolute Gasteiger partial charge is 0.496 e. The Balaban J connectivity index is 2.58. The molecule has 0 fully saturated rings. The van der Waals surface area contributed by atoms with Crippen LogP contribution in [-0.4, -0.2) is 22.1 Å². The van der Waals surface area contributed by atoms with Crippen molar-refractivity contribution >= 4 is 0 Å². The number of para-hydroxylation sites is 1. The fourth-order valence-corrected chi connectivity index (χ4v) is 1.91. The van der Waals surface area contributed by atoms with E-state index in [0.717, 1.165) is 17.0 Å². The molecule has 0 atom stereocenters. The predicted octanol–water partition coefficient (Wildman–Crippen LogP) is 2.61. The minimum Gasteiger partial charge on any atom is -0.496 e. The molecule has 2 rings (SSSR count). The first-order valence-corrected chi connectivity index (χ1v) is 5.67. The summed E-state index contributed by atoms with van der Waals surface area (Å²) >= 11 is 0. The maximum Gasteiger partial charge on any atom is 0.131 e. The summed E-state index contributed by atoms with van der Waals surface area (Å²) in [4.78, 5) is 1.55. The smallest absolute Gasteiger partial charge is 0.131 e. The van der Waals surface area contributed by atoms with Gasteiger partial charge in [0, 0.05) is 12.6 Å². The van der Waals surface area contributed by atoms with Gasteiger partial charge in [-0.25, -0.2) is 0 Å². The molecule has 0 N–H and O–H groups in total. The minimum absolute atomic E-state index is 0.418. The van der Waals surface area contributed by atoms with Gasteiger partial charge in [-0.1, -0.05) is 26.0 Å². The third kappa shape index (κ3) is 2.16. The SMILES string of the molecule is COc1c(-c2cnn(C)n2)cccc1C(C)C. The molecule has 1 aromatic heterocycles. The molecule has 0 unspecified atom stereocenters. The van der Waals surface area contributed by atoms with E-state index in [1.165, 1.54) is 5.56 Å². The highest BCUT2D eigenvalue weighted by Crippen LogP contribution is 2.35. The number of rotatable bonds is 3. The van der Waals surface area contributed by atoms with Gasteiger partial charge in [0.2, 0.25) is 0 Å². The molecule has 90 valence electrons. The summed E-state index contributed by atoms with van der Waals surface area (Å²) in [5.74, 6) is 1.31. The maximum atomic E-state index is 5.52. The average Bonchev–Trinajstić information content (AvgIpc) is 2.74. The van der Waals surface area contributed by atoms with Crippen LogP contribution in [0.25, 0.3) is 11.3 Å². The summed E-state index contributed by atoms with van der Waals surface area (Å²) < 4.78 is 5.52. The van der Waals surface area contributed by atoms with Crippen LogP contribution in [-0.2, 0) is 7.05 Å². The zero-order chi connectivity index (χ0) is 12.4. The van der Waals surface area contributed by atoms with E-state index in [2.05, 4.69) is 30.1 Å². The lowest BCUT2D eigenvalue weighted by atomic mass is 9.98. The van der Waals surface area contributed by atoms with Gasteiger partial charge in [0.1, 0.15) is 11.4 Å². The highest BCUT2D eigenvalue weighted by atomic mass is 16.5. The van der Waals surface area contributed by atoms with E-state index in [9.17, 15) is 0 Å². The van der Waals surface area contributed by atoms with Gasteiger partial charge in [-0.2, -0.15) is 15.0 Å². The van der Waals surface area contributed by atoms with Gasteiger partial charge in [-0.05, 0) is 17.5 Å². The Morgan fingerprint density at radius 3 is 2.59 bits per heavy atom. The zero-order valence-corrected chi connectivity index (χ0v) is 10.6. The van der Waals surface area contributed by atoms with E-state index >= 15 is 0 Å². The molecule has 1 aromatic carbocycles. The molecule has 2 aromatic rings. The second-order valence-electron chi connectivity index (χ2n) is 4.30. The normalized spacial score (nSPS) is 10.9. The van der Waals surface area contributed by atoms with Crippen LogP contribution in [0.15, 0.2) is 24.4 Å². The molecule has 1 heterocycles. The molecule has 4 heteroatoms. The van der Waals surface area contributed by atoms with Gasteiger partial charge in [-0.15, -0.1) is 0 Å². The first-order chi connectivity index (χ1) is 8.13. The summed E-state index contributed by atoms with van der Waals surface area (Å²) in [7, 11) is 3.50. The summed E-state index contributed by atoms with van der Waals surface area (Å²) in [6.45, 7) is 4.30. The molecule has 0 aliphatic carbocycles. The van der Waals surface area contributed by atoms with E-state index in [1.807, 2.05) is 19.2 Å². The van der Waals surface area contributed by atoms with Crippen molar-refractivity contribution in [2.24, 2.45) is 7.05 Å². The fourth-order valence-electron chi connectivity index (χ4n) is 1.91. The molecule has 4 nitrogen and oxygen atoms in total. The number of methoxy groups -OCH3 is 1. The fraction of sp³-hybridized carbons (Fsp3) is 0.385. The molecule has 0 aliphatic rings. The standard InChI is InChI=1S/C13H17N3O/c1-9(2)10-6-5-7-11(13(10)17-4)12-8-14-16(3)15-12/h5-9H,1-4H3. The molecule has 0 amide bonds. The van der Waals surface area contributed by atoms with Gasteiger partial charge >= 0.3 is 0 Å². The predicted molar refractivity (Wildman–Crippen MR) is 67.1 cm³/mol. The molecule has 0 aliphatic heterocycles. The van der Waals surface area contributed by atoms with Crippen LogP contribution in [0.2, 0.25) is 0 Å². The molecule has 0 spiro atoms. The number of nitrogens with zero attached hydrogens (tertiary/aromatic N) is 3. The van der Waals surface area contributed by atoms with Gasteiger partial charge in [0.15, 0.2) is 0 Å². The van der Waals surface area contributed by atoms with Gasteiger partial charge in [0.25, 0.3) is 0 Å². The Hall–Kier alpha value is -1.84. The van der Waals surface area contributed by atoms with E-state index in [4.69, 9.17) is 4.74 Å². The van der Waals surface area contributed by atoms with Crippen molar-refractivity contribution in [1.29, 1.82) is 0 Å². The van der Waals surface area contributed by atoms with Crippen molar-refractivity contribution in [2.75, 3.05) is 7.11 Å². The molecule has 17 heavy (non-hydrogen) atoms. The lowest BCUT2D eigenvalue weighted by Crippen LogP contribution is -1.97. The number of aryl methyl sites for hydroxylation is 1. The van der Waals surface area contributed by atoms with E-state index in [0.29, 0.717) is 5.92 Å². The summed E-state index contributed by atoms with van der Waals surface area (Å²) in [5.41, 5.74) is 3.02. The van der Waals surface area contributed by atoms with E-state index in [-0.39, 0.29) is 0 Å². The Morgan fingerprint density at radius 1 is 1.29 bits per heavy atom. The second kappa shape index (κ2) is 4.57. The number of benzene rings is 1. The van der Waals surface area contributed by atoms with Gasteiger partial charge in [-0.3, -0.25) is 0 Å². The van der Waals surface area contributed by atoms with Crippen LogP contribution in [0.4, 0.5) is 0 Å². The Labute approximate surface area is 101 Å². The van der Waals surface area contributed by atoms with Crippen LogP contribution in [0, 0.1) is 0 Å². The molecular weight excluding hydrogens is 214 g/mol. The highest BCUT2D eigenvalue weighted by molar-refractivity contribution is 5.68. The average molecular weight is 231 g/mol. The van der Waals surface area contributed by atoms with Crippen LogP contribution >= 0.6 is 0 Å². The van der Waals surface area contributed by atoms with Crippen LogP contribution < -0.4 is 4.74 Å². The Kier molecular flexibility index (Phi) is 3.13. The molecule has 0 saturated carbocycles. The third-order valence-corrected chi connectivity index (χ3v) is 2.75. The third-order valence-electron chi connectivity index (χ3n) is 2.75. The molecule has 0 saturated heterocycles. The number of hydrogen-bond acceptors (Lipinski definition) is 3. The van der Waals surface area contributed by atoms with Crippen molar-refractivity contribution < 1.29 is 4.74 Å². The molecule has 0 radical (unpaired) electrons. The summed E-state index contributed by atoms with van der Waals surface area (Å²) in [6, 6.07) is 6.12. The van der Waals surface area contributed by atoms with Gasteiger partial charge in [0.05, 0.1) is 13.3 Å². The quantitative estimate of drug-likeness (QED) is 0.815. The monoisotopic (exact) mass is 231 g/mol. The zero-order valence-electron chi connectivity index (χ0n) is 10.6. The minimum atomic E-state index is 0.418. The van der Waals surface area contributed by atoms with E-state index < -0.39 is 0 Å². The van der Waals surface area contributed by atoms with Crippen molar-refractivity contribution in [2.45, 2.75) is 19.8 Å². The van der Waals surface area contributed by atoms with Crippen molar-refractivity contribution in [3.05, 3.63) is 30.0 Å². The number of aromatic nitrogens is 3. The topological polar surface area (TPSA) is 39.9 Å².